The summed E-state index contributed by atoms with van der Waals surface area (Å²) in [5, 5.41) is 0. The van der Waals surface area contributed by atoms with Crippen molar-refractivity contribution in [2.75, 3.05) is 0 Å². The van der Waals surface area contributed by atoms with Crippen molar-refractivity contribution in [3.63, 3.8) is 0 Å². The van der Waals surface area contributed by atoms with E-state index in [-0.39, 0.29) is 5.97 Å². The maximum atomic E-state index is 11.9. The Morgan fingerprint density at radius 2 is 1.50 bits per heavy atom. The van der Waals surface area contributed by atoms with Crippen LogP contribution in [-0.2, 0) is 0 Å². The predicted molar refractivity (Wildman–Crippen MR) is 72.1 cm³/mol. The second-order valence-electron chi connectivity index (χ2n) is 4.52. The Hall–Kier alpha value is -2.09. The van der Waals surface area contributed by atoms with Gasteiger partial charge in [-0.25, -0.2) is 4.79 Å². The first-order valence-electron chi connectivity index (χ1n) is 5.92. The van der Waals surface area contributed by atoms with Crippen molar-refractivity contribution in [1.29, 1.82) is 0 Å². The Labute approximate surface area is 107 Å². The molecule has 18 heavy (non-hydrogen) atoms. The molecule has 0 bridgehead atoms. The first-order valence-corrected chi connectivity index (χ1v) is 5.92. The molecule has 2 aromatic carbocycles. The number of benzene rings is 2. The van der Waals surface area contributed by atoms with Gasteiger partial charge >= 0.3 is 5.97 Å². The van der Waals surface area contributed by atoms with Crippen LogP contribution in [0.2, 0.25) is 0 Å². The molecule has 0 aliphatic carbocycles. The average Bonchev–Trinajstić information content (AvgIpc) is 2.33. The molecule has 0 radical (unpaired) electrons. The minimum Gasteiger partial charge on any atom is -0.423 e. The van der Waals surface area contributed by atoms with Crippen LogP contribution in [0.1, 0.15) is 27.0 Å². The first kappa shape index (κ1) is 12.4. The molecule has 0 saturated carbocycles. The SMILES string of the molecule is Cc1ccc(C(=O)Oc2ccc(C)cc2C)cc1. The van der Waals surface area contributed by atoms with Crippen molar-refractivity contribution in [3.8, 4) is 5.75 Å². The highest BCUT2D eigenvalue weighted by molar-refractivity contribution is 5.91. The lowest BCUT2D eigenvalue weighted by atomic mass is 10.1. The lowest BCUT2D eigenvalue weighted by Crippen LogP contribution is -2.09. The van der Waals surface area contributed by atoms with Crippen LogP contribution >= 0.6 is 0 Å². The van der Waals surface area contributed by atoms with Gasteiger partial charge < -0.3 is 4.74 Å². The van der Waals surface area contributed by atoms with Gasteiger partial charge in [-0.15, -0.1) is 0 Å². The summed E-state index contributed by atoms with van der Waals surface area (Å²) < 4.78 is 5.39. The van der Waals surface area contributed by atoms with Crippen LogP contribution in [0.5, 0.6) is 5.75 Å². The minimum absolute atomic E-state index is 0.318. The second-order valence-corrected chi connectivity index (χ2v) is 4.52. The Morgan fingerprint density at radius 1 is 0.889 bits per heavy atom. The van der Waals surface area contributed by atoms with Crippen LogP contribution in [0.15, 0.2) is 42.5 Å². The van der Waals surface area contributed by atoms with E-state index in [4.69, 9.17) is 4.74 Å². The molecule has 0 saturated heterocycles. The summed E-state index contributed by atoms with van der Waals surface area (Å²) in [5.41, 5.74) is 3.82. The molecule has 2 nitrogen and oxygen atoms in total. The average molecular weight is 240 g/mol. The summed E-state index contributed by atoms with van der Waals surface area (Å²) in [6.45, 7) is 5.93. The normalized spacial score (nSPS) is 10.2. The van der Waals surface area contributed by atoms with Crippen LogP contribution < -0.4 is 4.74 Å². The topological polar surface area (TPSA) is 26.3 Å². The maximum absolute atomic E-state index is 11.9. The predicted octanol–water partition coefficient (Wildman–Crippen LogP) is 3.83. The van der Waals surface area contributed by atoms with Gasteiger partial charge in [0.05, 0.1) is 5.56 Å². The summed E-state index contributed by atoms with van der Waals surface area (Å²) >= 11 is 0. The largest absolute Gasteiger partial charge is 0.423 e. The smallest absolute Gasteiger partial charge is 0.343 e. The van der Waals surface area contributed by atoms with Crippen LogP contribution in [0.4, 0.5) is 0 Å². The van der Waals surface area contributed by atoms with Gasteiger partial charge in [0.15, 0.2) is 0 Å². The van der Waals surface area contributed by atoms with E-state index in [0.29, 0.717) is 11.3 Å². The van der Waals surface area contributed by atoms with Crippen LogP contribution in [0.25, 0.3) is 0 Å². The Kier molecular flexibility index (Phi) is 3.47. The van der Waals surface area contributed by atoms with E-state index in [1.165, 1.54) is 0 Å². The number of rotatable bonds is 2. The van der Waals surface area contributed by atoms with E-state index in [0.717, 1.165) is 16.7 Å². The third kappa shape index (κ3) is 2.77. The first-order chi connectivity index (χ1) is 8.56. The third-order valence-corrected chi connectivity index (χ3v) is 2.82. The molecule has 0 atom stereocenters. The number of hydrogen-bond donors (Lipinski definition) is 0. The molecule has 0 amide bonds. The maximum Gasteiger partial charge on any atom is 0.343 e. The highest BCUT2D eigenvalue weighted by atomic mass is 16.5. The number of aryl methyl sites for hydroxylation is 3. The molecular formula is C16H16O2. The van der Waals surface area contributed by atoms with Gasteiger partial charge in [-0.05, 0) is 44.5 Å². The lowest BCUT2D eigenvalue weighted by molar-refractivity contribution is 0.0733. The van der Waals surface area contributed by atoms with Gasteiger partial charge in [0, 0.05) is 0 Å². The van der Waals surface area contributed by atoms with Crippen LogP contribution in [0, 0.1) is 20.8 Å². The van der Waals surface area contributed by atoms with E-state index in [1.807, 2.05) is 51.1 Å². The zero-order chi connectivity index (χ0) is 13.1. The van der Waals surface area contributed by atoms with Crippen LogP contribution in [0.3, 0.4) is 0 Å². The van der Waals surface area contributed by atoms with E-state index < -0.39 is 0 Å². The Morgan fingerprint density at radius 3 is 2.11 bits per heavy atom. The summed E-state index contributed by atoms with van der Waals surface area (Å²) in [6, 6.07) is 13.1. The van der Waals surface area contributed by atoms with Gasteiger partial charge in [-0.2, -0.15) is 0 Å². The number of ether oxygens (including phenoxy) is 1. The monoisotopic (exact) mass is 240 g/mol. The number of carbonyl (C=O) groups excluding carboxylic acids is 1. The number of hydrogen-bond acceptors (Lipinski definition) is 2. The quantitative estimate of drug-likeness (QED) is 0.589. The fraction of sp³-hybridized carbons (Fsp3) is 0.188. The zero-order valence-electron chi connectivity index (χ0n) is 10.9. The molecule has 92 valence electrons. The molecule has 2 rings (SSSR count). The highest BCUT2D eigenvalue weighted by Crippen LogP contribution is 2.20. The Balaban J connectivity index is 2.18. The fourth-order valence-corrected chi connectivity index (χ4v) is 1.76. The molecule has 2 heteroatoms. The van der Waals surface area contributed by atoms with E-state index in [1.54, 1.807) is 12.1 Å². The molecule has 0 spiro atoms. The molecule has 0 aliphatic heterocycles. The fourth-order valence-electron chi connectivity index (χ4n) is 1.76. The van der Waals surface area contributed by atoms with Crippen molar-refractivity contribution in [2.45, 2.75) is 20.8 Å². The van der Waals surface area contributed by atoms with E-state index >= 15 is 0 Å². The molecular weight excluding hydrogens is 224 g/mol. The molecule has 0 unspecified atom stereocenters. The number of carbonyl (C=O) groups is 1. The standard InChI is InChI=1S/C16H16O2/c1-11-4-7-14(8-5-11)16(17)18-15-9-6-12(2)10-13(15)3/h4-10H,1-3H3. The summed E-state index contributed by atoms with van der Waals surface area (Å²) in [6.07, 6.45) is 0. The molecule has 0 aromatic heterocycles. The van der Waals surface area contributed by atoms with E-state index in [2.05, 4.69) is 0 Å². The molecule has 0 N–H and O–H groups in total. The van der Waals surface area contributed by atoms with Crippen molar-refractivity contribution < 1.29 is 9.53 Å². The number of esters is 1. The van der Waals surface area contributed by atoms with Crippen molar-refractivity contribution in [2.24, 2.45) is 0 Å². The van der Waals surface area contributed by atoms with Gasteiger partial charge in [0.25, 0.3) is 0 Å². The van der Waals surface area contributed by atoms with E-state index in [9.17, 15) is 4.79 Å². The Bertz CT molecular complexity index is 568. The molecule has 2 aromatic rings. The molecule has 0 heterocycles. The van der Waals surface area contributed by atoms with Gasteiger partial charge in [0.1, 0.15) is 5.75 Å². The molecule has 0 fully saturated rings. The van der Waals surface area contributed by atoms with Gasteiger partial charge in [-0.1, -0.05) is 35.4 Å². The second kappa shape index (κ2) is 5.05. The summed E-state index contributed by atoms with van der Waals surface area (Å²) in [4.78, 5) is 11.9. The summed E-state index contributed by atoms with van der Waals surface area (Å²) in [5.74, 6) is 0.299. The zero-order valence-corrected chi connectivity index (χ0v) is 10.9. The van der Waals surface area contributed by atoms with Crippen molar-refractivity contribution >= 4 is 5.97 Å². The van der Waals surface area contributed by atoms with Gasteiger partial charge in [0.2, 0.25) is 0 Å². The summed E-state index contributed by atoms with van der Waals surface area (Å²) in [7, 11) is 0. The minimum atomic E-state index is -0.318. The highest BCUT2D eigenvalue weighted by Gasteiger charge is 2.09. The van der Waals surface area contributed by atoms with Crippen molar-refractivity contribution in [1.82, 2.24) is 0 Å². The van der Waals surface area contributed by atoms with Gasteiger partial charge in [-0.3, -0.25) is 0 Å². The lowest BCUT2D eigenvalue weighted by Gasteiger charge is -2.08. The molecule has 0 aliphatic rings. The van der Waals surface area contributed by atoms with Crippen molar-refractivity contribution in [3.05, 3.63) is 64.7 Å². The third-order valence-electron chi connectivity index (χ3n) is 2.82. The van der Waals surface area contributed by atoms with Crippen LogP contribution in [-0.4, -0.2) is 5.97 Å².